The van der Waals surface area contributed by atoms with Crippen LogP contribution in [0.5, 0.6) is 0 Å². The number of fused-ring (bicyclic) bond motifs is 5. The molecule has 0 spiro atoms. The molecule has 0 N–H and O–H groups in total. The van der Waals surface area contributed by atoms with Gasteiger partial charge < -0.3 is 13.7 Å². The van der Waals surface area contributed by atoms with Crippen molar-refractivity contribution >= 4 is 60.9 Å². The summed E-state index contributed by atoms with van der Waals surface area (Å²) in [4.78, 5) is 7.21. The van der Waals surface area contributed by atoms with E-state index in [1.165, 1.54) is 27.5 Å². The van der Waals surface area contributed by atoms with Crippen molar-refractivity contribution in [3.8, 4) is 33.7 Å². The third-order valence-corrected chi connectivity index (χ3v) is 9.70. The number of oxazole rings is 1. The number of anilines is 3. The van der Waals surface area contributed by atoms with Crippen molar-refractivity contribution in [2.45, 2.75) is 0 Å². The molecule has 0 aliphatic heterocycles. The Morgan fingerprint density at radius 3 is 1.88 bits per heavy atom. The van der Waals surface area contributed by atoms with E-state index in [2.05, 4.69) is 150 Å². The van der Waals surface area contributed by atoms with Gasteiger partial charge >= 0.3 is 0 Å². The Labute approximate surface area is 294 Å². The van der Waals surface area contributed by atoms with E-state index >= 15 is 0 Å². The Kier molecular flexibility index (Phi) is 6.78. The van der Waals surface area contributed by atoms with Gasteiger partial charge in [0.05, 0.1) is 5.69 Å². The normalized spacial score (nSPS) is 11.5. The van der Waals surface area contributed by atoms with E-state index in [0.717, 1.165) is 55.6 Å². The Hall–Kier alpha value is -6.91. The predicted molar refractivity (Wildman–Crippen MR) is 210 cm³/mol. The average Bonchev–Trinajstić information content (AvgIpc) is 3.78. The van der Waals surface area contributed by atoms with Crippen LogP contribution in [-0.4, -0.2) is 4.98 Å². The van der Waals surface area contributed by atoms with Crippen LogP contribution < -0.4 is 4.90 Å². The lowest BCUT2D eigenvalue weighted by Gasteiger charge is -2.28. The summed E-state index contributed by atoms with van der Waals surface area (Å²) in [6.45, 7) is 0. The fraction of sp³-hybridized carbons (Fsp3) is 0. The van der Waals surface area contributed by atoms with Crippen molar-refractivity contribution in [2.75, 3.05) is 4.90 Å². The van der Waals surface area contributed by atoms with E-state index in [9.17, 15) is 0 Å². The molecule has 2 heterocycles. The topological polar surface area (TPSA) is 42.4 Å². The molecule has 10 rings (SSSR count). The molecule has 10 aromatic rings. The molecule has 8 aromatic carbocycles. The Bertz CT molecular complexity index is 2850. The first-order valence-corrected chi connectivity index (χ1v) is 17.1. The van der Waals surface area contributed by atoms with Crippen LogP contribution in [0.3, 0.4) is 0 Å². The fourth-order valence-corrected chi connectivity index (χ4v) is 7.25. The third kappa shape index (κ3) is 5.04. The fourth-order valence-electron chi connectivity index (χ4n) is 7.25. The predicted octanol–water partition coefficient (Wildman–Crippen LogP) is 13.4. The summed E-state index contributed by atoms with van der Waals surface area (Å²) >= 11 is 0. The molecule has 51 heavy (non-hydrogen) atoms. The second-order valence-electron chi connectivity index (χ2n) is 12.8. The quantitative estimate of drug-likeness (QED) is 0.179. The van der Waals surface area contributed by atoms with Crippen LogP contribution in [-0.2, 0) is 0 Å². The summed E-state index contributed by atoms with van der Waals surface area (Å²) in [5, 5.41) is 4.44. The van der Waals surface area contributed by atoms with Crippen LogP contribution in [0.4, 0.5) is 17.1 Å². The number of para-hydroxylation sites is 1. The number of hydrogen-bond acceptors (Lipinski definition) is 4. The van der Waals surface area contributed by atoms with Crippen LogP contribution in [0.1, 0.15) is 0 Å². The van der Waals surface area contributed by atoms with Gasteiger partial charge in [-0.2, -0.15) is 0 Å². The van der Waals surface area contributed by atoms with E-state index in [1.54, 1.807) is 0 Å². The summed E-state index contributed by atoms with van der Waals surface area (Å²) in [6.07, 6.45) is 0. The van der Waals surface area contributed by atoms with Gasteiger partial charge in [-0.3, -0.25) is 0 Å². The molecule has 0 bridgehead atoms. The maximum Gasteiger partial charge on any atom is 0.227 e. The maximum atomic E-state index is 6.42. The van der Waals surface area contributed by atoms with Gasteiger partial charge in [0.25, 0.3) is 0 Å². The van der Waals surface area contributed by atoms with Crippen LogP contribution in [0.25, 0.3) is 77.5 Å². The van der Waals surface area contributed by atoms with Crippen molar-refractivity contribution in [3.63, 3.8) is 0 Å². The first-order chi connectivity index (χ1) is 25.3. The van der Waals surface area contributed by atoms with E-state index in [1.807, 2.05) is 36.4 Å². The van der Waals surface area contributed by atoms with Gasteiger partial charge in [0.2, 0.25) is 5.89 Å². The van der Waals surface area contributed by atoms with Crippen molar-refractivity contribution < 1.29 is 8.83 Å². The first kappa shape index (κ1) is 29.0. The van der Waals surface area contributed by atoms with Gasteiger partial charge in [0.15, 0.2) is 5.58 Å². The lowest BCUT2D eigenvalue weighted by Crippen LogP contribution is -2.11. The largest absolute Gasteiger partial charge is 0.456 e. The molecule has 0 atom stereocenters. The van der Waals surface area contributed by atoms with Gasteiger partial charge in [0, 0.05) is 39.3 Å². The summed E-state index contributed by atoms with van der Waals surface area (Å²) in [7, 11) is 0. The number of hydrogen-bond donors (Lipinski definition) is 0. The van der Waals surface area contributed by atoms with Crippen molar-refractivity contribution in [2.24, 2.45) is 0 Å². The number of furan rings is 1. The Morgan fingerprint density at radius 1 is 0.392 bits per heavy atom. The average molecular weight is 655 g/mol. The molecule has 0 unspecified atom stereocenters. The minimum atomic E-state index is 0.596. The molecule has 240 valence electrons. The van der Waals surface area contributed by atoms with E-state index in [0.29, 0.717) is 11.5 Å². The zero-order valence-corrected chi connectivity index (χ0v) is 27.5. The summed E-state index contributed by atoms with van der Waals surface area (Å²) in [5.41, 5.74) is 11.9. The maximum absolute atomic E-state index is 6.42. The van der Waals surface area contributed by atoms with Gasteiger partial charge in [-0.25, -0.2) is 4.98 Å². The number of nitrogens with zero attached hydrogens (tertiary/aromatic N) is 2. The Morgan fingerprint density at radius 2 is 1.04 bits per heavy atom. The second-order valence-corrected chi connectivity index (χ2v) is 12.8. The van der Waals surface area contributed by atoms with Crippen LogP contribution in [0.2, 0.25) is 0 Å². The van der Waals surface area contributed by atoms with Crippen LogP contribution in [0, 0.1) is 0 Å². The molecule has 4 nitrogen and oxygen atoms in total. The highest BCUT2D eigenvalue weighted by molar-refractivity contribution is 6.10. The minimum absolute atomic E-state index is 0.596. The molecule has 0 saturated heterocycles. The second kappa shape index (κ2) is 11.9. The summed E-state index contributed by atoms with van der Waals surface area (Å²) < 4.78 is 12.6. The highest BCUT2D eigenvalue weighted by Gasteiger charge is 2.21. The molecule has 0 radical (unpaired) electrons. The van der Waals surface area contributed by atoms with E-state index in [-0.39, 0.29) is 0 Å². The zero-order valence-electron chi connectivity index (χ0n) is 27.5. The van der Waals surface area contributed by atoms with Gasteiger partial charge in [-0.15, -0.1) is 0 Å². The zero-order chi connectivity index (χ0) is 33.7. The molecule has 0 saturated carbocycles. The molecule has 0 aliphatic carbocycles. The van der Waals surface area contributed by atoms with Crippen molar-refractivity contribution in [1.82, 2.24) is 4.98 Å². The summed E-state index contributed by atoms with van der Waals surface area (Å²) in [6, 6.07) is 63.6. The van der Waals surface area contributed by atoms with Crippen LogP contribution in [0.15, 0.2) is 191 Å². The van der Waals surface area contributed by atoms with Crippen molar-refractivity contribution in [3.05, 3.63) is 182 Å². The number of aromatic nitrogens is 1. The lowest BCUT2D eigenvalue weighted by molar-refractivity contribution is 0.617. The van der Waals surface area contributed by atoms with Crippen molar-refractivity contribution in [1.29, 1.82) is 0 Å². The standard InChI is InChI=1S/C47H30N2O2/c1-3-12-31(13-4-1)32-22-24-35(25-23-32)49(43-21-10-9-19-39(43)38-20-11-17-33-14-7-8-18-37(33)38)36-26-27-44-40(28-36)41-29-42-46(30-45(41)50-44)51-47(48-42)34-15-5-2-6-16-34/h1-30H. The number of benzene rings is 8. The Balaban J connectivity index is 1.16. The third-order valence-electron chi connectivity index (χ3n) is 9.70. The molecule has 2 aromatic heterocycles. The highest BCUT2D eigenvalue weighted by Crippen LogP contribution is 2.45. The SMILES string of the molecule is c1ccc(-c2ccc(N(c3ccc4oc5cc6oc(-c7ccccc7)nc6cc5c4c3)c3ccccc3-c3cccc4ccccc34)cc2)cc1. The molecule has 0 fully saturated rings. The monoisotopic (exact) mass is 654 g/mol. The van der Waals surface area contributed by atoms with E-state index < -0.39 is 0 Å². The molecular formula is C47H30N2O2. The summed E-state index contributed by atoms with van der Waals surface area (Å²) in [5.74, 6) is 0.596. The first-order valence-electron chi connectivity index (χ1n) is 17.1. The smallest absolute Gasteiger partial charge is 0.227 e. The van der Waals surface area contributed by atoms with Gasteiger partial charge in [-0.05, 0) is 82.1 Å². The molecule has 0 aliphatic rings. The lowest BCUT2D eigenvalue weighted by atomic mass is 9.96. The molecule has 0 amide bonds. The number of rotatable bonds is 6. The van der Waals surface area contributed by atoms with Crippen LogP contribution >= 0.6 is 0 Å². The van der Waals surface area contributed by atoms with Gasteiger partial charge in [0.1, 0.15) is 16.7 Å². The molecular weight excluding hydrogens is 625 g/mol. The highest BCUT2D eigenvalue weighted by atomic mass is 16.4. The molecule has 4 heteroatoms. The van der Waals surface area contributed by atoms with Gasteiger partial charge in [-0.1, -0.05) is 121 Å². The van der Waals surface area contributed by atoms with E-state index in [4.69, 9.17) is 13.8 Å². The minimum Gasteiger partial charge on any atom is -0.456 e.